The van der Waals surface area contributed by atoms with Crippen LogP contribution in [-0.2, 0) is 9.59 Å². The molecule has 94 valence electrons. The molecule has 0 heterocycles. The number of nitrogens with one attached hydrogen (secondary N) is 1. The molecule has 4 nitrogen and oxygen atoms in total. The maximum atomic E-state index is 11.7. The summed E-state index contributed by atoms with van der Waals surface area (Å²) in [5, 5.41) is 11.7. The van der Waals surface area contributed by atoms with Gasteiger partial charge in [-0.3, -0.25) is 9.59 Å². The average molecular weight is 255 g/mol. The molecule has 1 rings (SSSR count). The van der Waals surface area contributed by atoms with Crippen LogP contribution in [-0.4, -0.2) is 35.0 Å². The van der Waals surface area contributed by atoms with Gasteiger partial charge in [0.05, 0.1) is 11.7 Å². The Morgan fingerprint density at radius 1 is 1.41 bits per heavy atom. The maximum absolute atomic E-state index is 11.7. The summed E-state index contributed by atoms with van der Waals surface area (Å²) in [4.78, 5) is 22.4. The van der Waals surface area contributed by atoms with E-state index in [-0.39, 0.29) is 17.7 Å². The molecule has 0 aromatic heterocycles. The summed E-state index contributed by atoms with van der Waals surface area (Å²) in [6.07, 6.45) is 6.86. The number of carbonyl (C=O) groups excluding carboxylic acids is 1. The third kappa shape index (κ3) is 4.70. The number of aliphatic carboxylic acids is 1. The third-order valence-electron chi connectivity index (χ3n) is 2.88. The first-order chi connectivity index (χ1) is 8.15. The van der Waals surface area contributed by atoms with Gasteiger partial charge in [-0.2, -0.15) is 0 Å². The third-order valence-corrected chi connectivity index (χ3v) is 3.75. The number of hydrogen-bond acceptors (Lipinski definition) is 3. The van der Waals surface area contributed by atoms with E-state index < -0.39 is 5.97 Å². The molecule has 1 aliphatic rings. The highest BCUT2D eigenvalue weighted by Gasteiger charge is 2.33. The molecule has 0 aromatic carbocycles. The number of amides is 1. The highest BCUT2D eigenvalue weighted by atomic mass is 32.2. The van der Waals surface area contributed by atoms with Gasteiger partial charge < -0.3 is 10.4 Å². The van der Waals surface area contributed by atoms with Crippen LogP contribution in [0.2, 0.25) is 0 Å². The van der Waals surface area contributed by atoms with E-state index in [1.54, 1.807) is 11.8 Å². The van der Waals surface area contributed by atoms with Crippen molar-refractivity contribution in [2.24, 2.45) is 11.8 Å². The van der Waals surface area contributed by atoms with E-state index in [1.807, 2.05) is 0 Å². The van der Waals surface area contributed by atoms with E-state index in [1.165, 1.54) is 0 Å². The molecule has 1 amide bonds. The Morgan fingerprint density at radius 3 is 2.71 bits per heavy atom. The quantitative estimate of drug-likeness (QED) is 0.548. The Morgan fingerprint density at radius 2 is 2.12 bits per heavy atom. The van der Waals surface area contributed by atoms with Crippen LogP contribution >= 0.6 is 11.8 Å². The Balaban J connectivity index is 2.17. The number of rotatable bonds is 6. The van der Waals surface area contributed by atoms with Crippen LogP contribution in [0.15, 0.2) is 0 Å². The lowest BCUT2D eigenvalue weighted by Crippen LogP contribution is -2.31. The zero-order chi connectivity index (χ0) is 12.7. The van der Waals surface area contributed by atoms with Crippen LogP contribution < -0.4 is 5.32 Å². The van der Waals surface area contributed by atoms with Crippen molar-refractivity contribution >= 4 is 23.6 Å². The average Bonchev–Trinajstić information content (AvgIpc) is 2.78. The number of carbonyl (C=O) groups is 2. The van der Waals surface area contributed by atoms with Gasteiger partial charge in [0.25, 0.3) is 0 Å². The van der Waals surface area contributed by atoms with Crippen LogP contribution in [0.5, 0.6) is 0 Å². The molecule has 5 heteroatoms. The molecule has 0 saturated heterocycles. The Bertz CT molecular complexity index is 324. The molecular formula is C12H17NO3S. The van der Waals surface area contributed by atoms with E-state index in [4.69, 9.17) is 11.5 Å². The van der Waals surface area contributed by atoms with Crippen molar-refractivity contribution in [1.29, 1.82) is 0 Å². The second-order valence-corrected chi connectivity index (χ2v) is 5.20. The zero-order valence-electron chi connectivity index (χ0n) is 9.65. The van der Waals surface area contributed by atoms with Gasteiger partial charge >= 0.3 is 5.97 Å². The van der Waals surface area contributed by atoms with Gasteiger partial charge in [0, 0.05) is 18.2 Å². The van der Waals surface area contributed by atoms with Crippen LogP contribution in [0.1, 0.15) is 19.3 Å². The smallest absolute Gasteiger partial charge is 0.306 e. The first-order valence-corrected chi connectivity index (χ1v) is 6.82. The first kappa shape index (κ1) is 13.9. The number of terminal acetylenes is 1. The highest BCUT2D eigenvalue weighted by molar-refractivity contribution is 7.99. The lowest BCUT2D eigenvalue weighted by atomic mass is 10.0. The molecule has 2 N–H and O–H groups in total. The van der Waals surface area contributed by atoms with Gasteiger partial charge in [0.15, 0.2) is 0 Å². The number of carboxylic acids is 1. The van der Waals surface area contributed by atoms with Gasteiger partial charge in [-0.15, -0.1) is 18.2 Å². The van der Waals surface area contributed by atoms with Gasteiger partial charge in [0.1, 0.15) is 0 Å². The molecule has 0 aromatic rings. The first-order valence-electron chi connectivity index (χ1n) is 5.67. The van der Waals surface area contributed by atoms with E-state index in [9.17, 15) is 9.59 Å². The summed E-state index contributed by atoms with van der Waals surface area (Å²) in [6.45, 7) is 0.597. The summed E-state index contributed by atoms with van der Waals surface area (Å²) in [5.74, 6) is 2.68. The van der Waals surface area contributed by atoms with Crippen LogP contribution in [0.4, 0.5) is 0 Å². The largest absolute Gasteiger partial charge is 0.481 e. The van der Waals surface area contributed by atoms with Crippen molar-refractivity contribution in [2.75, 3.05) is 18.1 Å². The predicted molar refractivity (Wildman–Crippen MR) is 67.6 cm³/mol. The summed E-state index contributed by atoms with van der Waals surface area (Å²) in [7, 11) is 0. The van der Waals surface area contributed by atoms with Crippen molar-refractivity contribution in [2.45, 2.75) is 19.3 Å². The van der Waals surface area contributed by atoms with E-state index in [0.29, 0.717) is 31.6 Å². The summed E-state index contributed by atoms with van der Waals surface area (Å²) in [6, 6.07) is 0. The number of carboxylic acid groups (broad SMARTS) is 1. The van der Waals surface area contributed by atoms with Gasteiger partial charge in [0.2, 0.25) is 5.91 Å². The predicted octanol–water partition coefficient (Wildman–Crippen LogP) is 0.970. The van der Waals surface area contributed by atoms with Crippen molar-refractivity contribution < 1.29 is 14.7 Å². The van der Waals surface area contributed by atoms with Crippen LogP contribution in [0.25, 0.3) is 0 Å². The lowest BCUT2D eigenvalue weighted by Gasteiger charge is -2.10. The SMILES string of the molecule is C#CCSCCNC(=O)C1CCC(C(=O)O)C1. The summed E-state index contributed by atoms with van der Waals surface area (Å²) < 4.78 is 0. The normalized spacial score (nSPS) is 23.0. The molecule has 1 fully saturated rings. The van der Waals surface area contributed by atoms with E-state index in [0.717, 1.165) is 5.75 Å². The maximum Gasteiger partial charge on any atom is 0.306 e. The molecule has 0 aliphatic heterocycles. The number of thioether (sulfide) groups is 1. The molecule has 0 spiro atoms. The van der Waals surface area contributed by atoms with Crippen molar-refractivity contribution in [3.63, 3.8) is 0 Å². The highest BCUT2D eigenvalue weighted by Crippen LogP contribution is 2.30. The molecule has 2 unspecified atom stereocenters. The Kier molecular flexibility index (Phi) is 5.92. The number of hydrogen-bond donors (Lipinski definition) is 2. The van der Waals surface area contributed by atoms with Crippen molar-refractivity contribution in [3.8, 4) is 12.3 Å². The minimum Gasteiger partial charge on any atom is -0.481 e. The monoisotopic (exact) mass is 255 g/mol. The second-order valence-electron chi connectivity index (χ2n) is 4.09. The molecule has 2 atom stereocenters. The molecule has 0 radical (unpaired) electrons. The van der Waals surface area contributed by atoms with Crippen LogP contribution in [0, 0.1) is 24.2 Å². The van der Waals surface area contributed by atoms with Crippen molar-refractivity contribution in [3.05, 3.63) is 0 Å². The zero-order valence-corrected chi connectivity index (χ0v) is 10.5. The minimum atomic E-state index is -0.787. The summed E-state index contributed by atoms with van der Waals surface area (Å²) in [5.41, 5.74) is 0. The second kappa shape index (κ2) is 7.23. The molecular weight excluding hydrogens is 238 g/mol. The lowest BCUT2D eigenvalue weighted by molar-refractivity contribution is -0.141. The standard InChI is InChI=1S/C12H17NO3S/c1-2-6-17-7-5-13-11(14)9-3-4-10(8-9)12(15)16/h1,9-10H,3-8H2,(H,13,14)(H,15,16). The van der Waals surface area contributed by atoms with E-state index >= 15 is 0 Å². The van der Waals surface area contributed by atoms with Crippen molar-refractivity contribution in [1.82, 2.24) is 5.32 Å². The van der Waals surface area contributed by atoms with Crippen LogP contribution in [0.3, 0.4) is 0 Å². The summed E-state index contributed by atoms with van der Waals surface area (Å²) >= 11 is 1.60. The molecule has 17 heavy (non-hydrogen) atoms. The molecule has 0 bridgehead atoms. The topological polar surface area (TPSA) is 66.4 Å². The fourth-order valence-electron chi connectivity index (χ4n) is 1.97. The molecule has 1 saturated carbocycles. The molecule has 1 aliphatic carbocycles. The Hall–Kier alpha value is -1.15. The van der Waals surface area contributed by atoms with Gasteiger partial charge in [-0.1, -0.05) is 5.92 Å². The van der Waals surface area contributed by atoms with Gasteiger partial charge in [-0.05, 0) is 19.3 Å². The Labute approximate surface area is 106 Å². The van der Waals surface area contributed by atoms with Gasteiger partial charge in [-0.25, -0.2) is 0 Å². The fourth-order valence-corrected chi connectivity index (χ4v) is 2.47. The van der Waals surface area contributed by atoms with E-state index in [2.05, 4.69) is 11.2 Å². The minimum absolute atomic E-state index is 0.0185. The fraction of sp³-hybridized carbons (Fsp3) is 0.667.